The van der Waals surface area contributed by atoms with Crippen molar-refractivity contribution in [1.29, 1.82) is 0 Å². The summed E-state index contributed by atoms with van der Waals surface area (Å²) >= 11 is 0. The summed E-state index contributed by atoms with van der Waals surface area (Å²) in [6.45, 7) is 1.85. The summed E-state index contributed by atoms with van der Waals surface area (Å²) in [6, 6.07) is 0.723. The molecule has 2 heterocycles. The molecule has 0 bridgehead atoms. The molecule has 0 aliphatic heterocycles. The Hall–Kier alpha value is -1.62. The normalized spacial score (nSPS) is 15.6. The van der Waals surface area contributed by atoms with Gasteiger partial charge in [-0.2, -0.15) is 5.10 Å². The lowest BCUT2D eigenvalue weighted by molar-refractivity contribution is 0.240. The first-order chi connectivity index (χ1) is 8.31. The van der Waals surface area contributed by atoms with Gasteiger partial charge in [-0.05, 0) is 12.8 Å². The van der Waals surface area contributed by atoms with Crippen molar-refractivity contribution < 1.29 is 0 Å². The Morgan fingerprint density at radius 3 is 2.94 bits per heavy atom. The second-order valence-corrected chi connectivity index (χ2v) is 4.69. The summed E-state index contributed by atoms with van der Waals surface area (Å²) < 4.78 is 1.85. The van der Waals surface area contributed by atoms with Gasteiger partial charge in [0.05, 0.1) is 12.7 Å². The lowest BCUT2D eigenvalue weighted by atomic mass is 10.3. The number of hydrogen-bond donors (Lipinski definition) is 1. The van der Waals surface area contributed by atoms with Crippen molar-refractivity contribution in [3.63, 3.8) is 0 Å². The first-order valence-electron chi connectivity index (χ1n) is 6.01. The number of aromatic amines is 1. The van der Waals surface area contributed by atoms with E-state index in [0.29, 0.717) is 0 Å². The molecule has 2 aromatic heterocycles. The van der Waals surface area contributed by atoms with Crippen molar-refractivity contribution in [2.24, 2.45) is 7.05 Å². The van der Waals surface area contributed by atoms with Crippen LogP contribution in [0.25, 0.3) is 0 Å². The Bertz CT molecular complexity index is 469. The molecule has 1 aliphatic carbocycles. The van der Waals surface area contributed by atoms with Crippen molar-refractivity contribution in [1.82, 2.24) is 24.6 Å². The Balaban J connectivity index is 1.68. The Kier molecular flexibility index (Phi) is 2.68. The summed E-state index contributed by atoms with van der Waals surface area (Å²) in [7, 11) is 1.96. The molecule has 0 amide bonds. The van der Waals surface area contributed by atoms with E-state index in [1.807, 2.05) is 30.3 Å². The molecule has 3 rings (SSSR count). The number of nitrogens with zero attached hydrogens (tertiary/aromatic N) is 4. The first-order valence-corrected chi connectivity index (χ1v) is 6.01. The number of rotatable bonds is 5. The molecule has 1 saturated carbocycles. The van der Waals surface area contributed by atoms with Crippen LogP contribution >= 0.6 is 0 Å². The van der Waals surface area contributed by atoms with Gasteiger partial charge in [0.15, 0.2) is 0 Å². The maximum absolute atomic E-state index is 4.29. The van der Waals surface area contributed by atoms with Gasteiger partial charge < -0.3 is 4.98 Å². The van der Waals surface area contributed by atoms with Crippen LogP contribution in [-0.4, -0.2) is 30.7 Å². The van der Waals surface area contributed by atoms with Crippen LogP contribution in [0, 0.1) is 0 Å². The van der Waals surface area contributed by atoms with Gasteiger partial charge in [0.2, 0.25) is 0 Å². The Labute approximate surface area is 100 Å². The molecule has 0 radical (unpaired) electrons. The minimum atomic E-state index is 0.723. The minimum Gasteiger partial charge on any atom is -0.348 e. The molecule has 5 heteroatoms. The number of nitrogens with one attached hydrogen (secondary N) is 1. The van der Waals surface area contributed by atoms with Crippen LogP contribution in [0.1, 0.15) is 24.2 Å². The average Bonchev–Trinajstić information content (AvgIpc) is 2.89. The monoisotopic (exact) mass is 231 g/mol. The quantitative estimate of drug-likeness (QED) is 0.844. The zero-order valence-corrected chi connectivity index (χ0v) is 10.0. The topological polar surface area (TPSA) is 49.7 Å². The minimum absolute atomic E-state index is 0.723. The molecule has 0 unspecified atom stereocenters. The van der Waals surface area contributed by atoms with Crippen molar-refractivity contribution in [3.05, 3.63) is 36.2 Å². The molecular weight excluding hydrogens is 214 g/mol. The van der Waals surface area contributed by atoms with E-state index in [1.165, 1.54) is 18.4 Å². The maximum Gasteiger partial charge on any atom is 0.120 e. The lowest BCUT2D eigenvalue weighted by Crippen LogP contribution is -2.25. The van der Waals surface area contributed by atoms with Gasteiger partial charge in [0.25, 0.3) is 0 Å². The SMILES string of the molecule is Cn1cc(CN(Cc2ncc[nH]2)C2CC2)cn1. The summed E-state index contributed by atoms with van der Waals surface area (Å²) in [5.74, 6) is 1.04. The van der Waals surface area contributed by atoms with Crippen LogP contribution in [0.2, 0.25) is 0 Å². The van der Waals surface area contributed by atoms with Crippen LogP contribution < -0.4 is 0 Å². The highest BCUT2D eigenvalue weighted by Gasteiger charge is 2.29. The molecule has 1 aliphatic rings. The van der Waals surface area contributed by atoms with Crippen LogP contribution in [0.3, 0.4) is 0 Å². The van der Waals surface area contributed by atoms with Gasteiger partial charge in [0, 0.05) is 43.8 Å². The van der Waals surface area contributed by atoms with Crippen molar-refractivity contribution >= 4 is 0 Å². The largest absolute Gasteiger partial charge is 0.348 e. The summed E-state index contributed by atoms with van der Waals surface area (Å²) in [5.41, 5.74) is 1.27. The molecule has 1 fully saturated rings. The van der Waals surface area contributed by atoms with Crippen LogP contribution in [0.4, 0.5) is 0 Å². The lowest BCUT2D eigenvalue weighted by Gasteiger charge is -2.19. The summed E-state index contributed by atoms with van der Waals surface area (Å²) in [4.78, 5) is 9.93. The fraction of sp³-hybridized carbons (Fsp3) is 0.500. The van der Waals surface area contributed by atoms with E-state index < -0.39 is 0 Å². The molecule has 0 atom stereocenters. The number of imidazole rings is 1. The van der Waals surface area contributed by atoms with E-state index in [2.05, 4.69) is 26.2 Å². The number of H-pyrrole nitrogens is 1. The highest BCUT2D eigenvalue weighted by Crippen LogP contribution is 2.29. The van der Waals surface area contributed by atoms with E-state index in [9.17, 15) is 0 Å². The standard InChI is InChI=1S/C12H17N5/c1-16-7-10(6-15-16)8-17(11-2-3-11)9-12-13-4-5-14-12/h4-7,11H,2-3,8-9H2,1H3,(H,13,14). The molecule has 0 saturated heterocycles. The molecule has 90 valence electrons. The van der Waals surface area contributed by atoms with Gasteiger partial charge in [-0.25, -0.2) is 4.98 Å². The van der Waals surface area contributed by atoms with Crippen molar-refractivity contribution in [3.8, 4) is 0 Å². The third-order valence-electron chi connectivity index (χ3n) is 3.11. The van der Waals surface area contributed by atoms with Gasteiger partial charge in [0.1, 0.15) is 5.82 Å². The molecule has 1 N–H and O–H groups in total. The zero-order chi connectivity index (χ0) is 11.7. The summed E-state index contributed by atoms with van der Waals surface area (Å²) in [6.07, 6.45) is 10.3. The zero-order valence-electron chi connectivity index (χ0n) is 10.0. The average molecular weight is 231 g/mol. The smallest absolute Gasteiger partial charge is 0.120 e. The highest BCUT2D eigenvalue weighted by atomic mass is 15.3. The molecular formula is C12H17N5. The molecule has 5 nitrogen and oxygen atoms in total. The Morgan fingerprint density at radius 1 is 1.47 bits per heavy atom. The molecule has 17 heavy (non-hydrogen) atoms. The third kappa shape index (κ3) is 2.55. The van der Waals surface area contributed by atoms with Gasteiger partial charge in [-0.15, -0.1) is 0 Å². The number of hydrogen-bond acceptors (Lipinski definition) is 3. The van der Waals surface area contributed by atoms with Crippen LogP contribution in [0.5, 0.6) is 0 Å². The van der Waals surface area contributed by atoms with Gasteiger partial charge >= 0.3 is 0 Å². The second kappa shape index (κ2) is 4.33. The third-order valence-corrected chi connectivity index (χ3v) is 3.11. The van der Waals surface area contributed by atoms with Gasteiger partial charge in [-0.1, -0.05) is 0 Å². The Morgan fingerprint density at radius 2 is 2.35 bits per heavy atom. The van der Waals surface area contributed by atoms with E-state index in [4.69, 9.17) is 0 Å². The predicted octanol–water partition coefficient (Wildman–Crippen LogP) is 1.31. The first kappa shape index (κ1) is 10.5. The highest BCUT2D eigenvalue weighted by molar-refractivity contribution is 5.05. The second-order valence-electron chi connectivity index (χ2n) is 4.69. The van der Waals surface area contributed by atoms with E-state index >= 15 is 0 Å². The predicted molar refractivity (Wildman–Crippen MR) is 64.1 cm³/mol. The maximum atomic E-state index is 4.29. The molecule has 0 spiro atoms. The fourth-order valence-corrected chi connectivity index (χ4v) is 2.12. The number of aryl methyl sites for hydroxylation is 1. The summed E-state index contributed by atoms with van der Waals surface area (Å²) in [5, 5.41) is 4.21. The van der Waals surface area contributed by atoms with E-state index in [-0.39, 0.29) is 0 Å². The van der Waals surface area contributed by atoms with E-state index in [0.717, 1.165) is 25.0 Å². The molecule has 2 aromatic rings. The molecule has 0 aromatic carbocycles. The van der Waals surface area contributed by atoms with Crippen molar-refractivity contribution in [2.45, 2.75) is 32.0 Å². The van der Waals surface area contributed by atoms with E-state index in [1.54, 1.807) is 0 Å². The van der Waals surface area contributed by atoms with Crippen LogP contribution in [0.15, 0.2) is 24.8 Å². The van der Waals surface area contributed by atoms with Crippen LogP contribution in [-0.2, 0) is 20.1 Å². The van der Waals surface area contributed by atoms with Gasteiger partial charge in [-0.3, -0.25) is 9.58 Å². The van der Waals surface area contributed by atoms with Crippen molar-refractivity contribution in [2.75, 3.05) is 0 Å². The fourth-order valence-electron chi connectivity index (χ4n) is 2.12. The number of aromatic nitrogens is 4.